The minimum atomic E-state index is -0.744. The standard InChI is InChI=1S/C19H17NO5/c1-9-12(13-7-11(24-2)3-4-14(13)20-9)8-17-19(23)18-15(22)5-10(21)6-16(18)25-17/h3-7,17,20-22H,8H2,1-2H3. The van der Waals surface area contributed by atoms with E-state index in [1.54, 1.807) is 7.11 Å². The van der Waals surface area contributed by atoms with Crippen LogP contribution in [-0.4, -0.2) is 34.2 Å². The third-order valence-corrected chi connectivity index (χ3v) is 4.59. The average molecular weight is 339 g/mol. The number of aryl methyl sites for hydroxylation is 1. The first-order valence-electron chi connectivity index (χ1n) is 7.90. The summed E-state index contributed by atoms with van der Waals surface area (Å²) in [5.41, 5.74) is 2.99. The molecular weight excluding hydrogens is 322 g/mol. The van der Waals surface area contributed by atoms with Crippen LogP contribution in [0.4, 0.5) is 0 Å². The lowest BCUT2D eigenvalue weighted by Gasteiger charge is -2.10. The number of phenolic OH excluding ortho intramolecular Hbond substituents is 2. The molecule has 25 heavy (non-hydrogen) atoms. The zero-order valence-electron chi connectivity index (χ0n) is 13.8. The Labute approximate surface area is 143 Å². The summed E-state index contributed by atoms with van der Waals surface area (Å²) in [6, 6.07) is 8.21. The molecule has 128 valence electrons. The number of ether oxygens (including phenoxy) is 2. The largest absolute Gasteiger partial charge is 0.508 e. The van der Waals surface area contributed by atoms with E-state index in [9.17, 15) is 15.0 Å². The number of ketones is 1. The molecule has 1 unspecified atom stereocenters. The van der Waals surface area contributed by atoms with Crippen molar-refractivity contribution in [3.05, 3.63) is 47.2 Å². The van der Waals surface area contributed by atoms with Gasteiger partial charge in [0, 0.05) is 35.2 Å². The van der Waals surface area contributed by atoms with Crippen molar-refractivity contribution >= 4 is 16.7 Å². The Hall–Kier alpha value is -3.15. The number of Topliss-reactive ketones (excluding diaryl/α,β-unsaturated/α-hetero) is 1. The summed E-state index contributed by atoms with van der Waals surface area (Å²) < 4.78 is 11.0. The lowest BCUT2D eigenvalue weighted by molar-refractivity contribution is 0.0856. The third kappa shape index (κ3) is 2.38. The van der Waals surface area contributed by atoms with Crippen molar-refractivity contribution in [3.63, 3.8) is 0 Å². The number of H-pyrrole nitrogens is 1. The van der Waals surface area contributed by atoms with Gasteiger partial charge >= 0.3 is 0 Å². The predicted molar refractivity (Wildman–Crippen MR) is 91.8 cm³/mol. The highest BCUT2D eigenvalue weighted by Crippen LogP contribution is 2.40. The molecule has 4 rings (SSSR count). The molecule has 0 bridgehead atoms. The fraction of sp³-hybridized carbons (Fsp3) is 0.211. The van der Waals surface area contributed by atoms with Crippen LogP contribution in [0.15, 0.2) is 30.3 Å². The zero-order valence-corrected chi connectivity index (χ0v) is 13.8. The van der Waals surface area contributed by atoms with E-state index >= 15 is 0 Å². The highest BCUT2D eigenvalue weighted by Gasteiger charge is 2.36. The van der Waals surface area contributed by atoms with Gasteiger partial charge in [0.05, 0.1) is 7.11 Å². The van der Waals surface area contributed by atoms with Gasteiger partial charge in [-0.15, -0.1) is 0 Å². The molecule has 0 fully saturated rings. The molecule has 0 saturated carbocycles. The summed E-state index contributed by atoms with van der Waals surface area (Å²) in [7, 11) is 1.61. The fourth-order valence-electron chi connectivity index (χ4n) is 3.37. The number of aromatic amines is 1. The number of carbonyl (C=O) groups is 1. The Bertz CT molecular complexity index is 1000. The summed E-state index contributed by atoms with van der Waals surface area (Å²) in [6.45, 7) is 1.94. The molecular formula is C19H17NO5. The molecule has 0 spiro atoms. The van der Waals surface area contributed by atoms with Crippen molar-refractivity contribution in [1.82, 2.24) is 4.98 Å². The van der Waals surface area contributed by atoms with Gasteiger partial charge < -0.3 is 24.7 Å². The number of rotatable bonds is 3. The molecule has 0 radical (unpaired) electrons. The lowest BCUT2D eigenvalue weighted by atomic mass is 9.99. The predicted octanol–water partition coefficient (Wildman–Crippen LogP) is 3.08. The fourth-order valence-corrected chi connectivity index (χ4v) is 3.37. The van der Waals surface area contributed by atoms with E-state index in [0.717, 1.165) is 34.0 Å². The minimum Gasteiger partial charge on any atom is -0.508 e. The van der Waals surface area contributed by atoms with E-state index in [2.05, 4.69) is 4.98 Å². The number of nitrogens with one attached hydrogen (secondary N) is 1. The Morgan fingerprint density at radius 1 is 1.24 bits per heavy atom. The molecule has 2 aromatic carbocycles. The molecule has 0 saturated heterocycles. The van der Waals surface area contributed by atoms with E-state index in [1.807, 2.05) is 25.1 Å². The quantitative estimate of drug-likeness (QED) is 0.682. The average Bonchev–Trinajstić information content (AvgIpc) is 3.04. The summed E-state index contributed by atoms with van der Waals surface area (Å²) >= 11 is 0. The number of benzene rings is 2. The van der Waals surface area contributed by atoms with Crippen molar-refractivity contribution in [1.29, 1.82) is 0 Å². The maximum atomic E-state index is 12.6. The third-order valence-electron chi connectivity index (χ3n) is 4.59. The summed E-state index contributed by atoms with van der Waals surface area (Å²) in [4.78, 5) is 15.9. The van der Waals surface area contributed by atoms with Crippen LogP contribution in [0.3, 0.4) is 0 Å². The SMILES string of the molecule is COc1ccc2[nH]c(C)c(CC3Oc4cc(O)cc(O)c4C3=O)c2c1. The van der Waals surface area contributed by atoms with E-state index in [4.69, 9.17) is 9.47 Å². The summed E-state index contributed by atoms with van der Waals surface area (Å²) in [5.74, 6) is 0.251. The Morgan fingerprint density at radius 3 is 2.80 bits per heavy atom. The van der Waals surface area contributed by atoms with Crippen LogP contribution in [0, 0.1) is 6.92 Å². The normalized spacial score (nSPS) is 16.1. The second kappa shape index (κ2) is 5.44. The number of fused-ring (bicyclic) bond motifs is 2. The van der Waals surface area contributed by atoms with Gasteiger partial charge in [0.1, 0.15) is 28.6 Å². The smallest absolute Gasteiger partial charge is 0.211 e. The van der Waals surface area contributed by atoms with Crippen molar-refractivity contribution in [3.8, 4) is 23.0 Å². The number of aromatic nitrogens is 1. The molecule has 1 aliphatic rings. The van der Waals surface area contributed by atoms with Crippen molar-refractivity contribution < 1.29 is 24.5 Å². The number of methoxy groups -OCH3 is 1. The van der Waals surface area contributed by atoms with Gasteiger partial charge in [-0.05, 0) is 30.7 Å². The molecule has 1 atom stereocenters. The van der Waals surface area contributed by atoms with Gasteiger partial charge in [-0.1, -0.05) is 0 Å². The molecule has 6 nitrogen and oxygen atoms in total. The second-order valence-corrected chi connectivity index (χ2v) is 6.15. The van der Waals surface area contributed by atoms with Crippen LogP contribution in [0.2, 0.25) is 0 Å². The molecule has 6 heteroatoms. The molecule has 1 aromatic heterocycles. The topological polar surface area (TPSA) is 91.8 Å². The Balaban J connectivity index is 1.72. The van der Waals surface area contributed by atoms with Crippen LogP contribution in [-0.2, 0) is 6.42 Å². The lowest BCUT2D eigenvalue weighted by Crippen LogP contribution is -2.23. The van der Waals surface area contributed by atoms with Gasteiger partial charge in [0.15, 0.2) is 6.10 Å². The van der Waals surface area contributed by atoms with Crippen molar-refractivity contribution in [2.75, 3.05) is 7.11 Å². The minimum absolute atomic E-state index is 0.123. The molecule has 0 aliphatic carbocycles. The number of phenols is 2. The monoisotopic (exact) mass is 339 g/mol. The maximum Gasteiger partial charge on any atom is 0.211 e. The highest BCUT2D eigenvalue weighted by molar-refractivity contribution is 6.07. The number of hydrogen-bond acceptors (Lipinski definition) is 5. The number of carbonyl (C=O) groups excluding carboxylic acids is 1. The van der Waals surface area contributed by atoms with Crippen molar-refractivity contribution in [2.24, 2.45) is 0 Å². The van der Waals surface area contributed by atoms with Crippen molar-refractivity contribution in [2.45, 2.75) is 19.4 Å². The van der Waals surface area contributed by atoms with Crippen LogP contribution < -0.4 is 9.47 Å². The van der Waals surface area contributed by atoms with E-state index in [1.165, 1.54) is 6.07 Å². The first-order valence-corrected chi connectivity index (χ1v) is 7.90. The van der Waals surface area contributed by atoms with Crippen LogP contribution in [0.1, 0.15) is 21.6 Å². The van der Waals surface area contributed by atoms with Crippen LogP contribution >= 0.6 is 0 Å². The van der Waals surface area contributed by atoms with Gasteiger partial charge in [0.25, 0.3) is 0 Å². The van der Waals surface area contributed by atoms with E-state index < -0.39 is 6.10 Å². The number of aromatic hydroxyl groups is 2. The summed E-state index contributed by atoms with van der Waals surface area (Å²) in [5, 5.41) is 20.5. The van der Waals surface area contributed by atoms with Gasteiger partial charge in [-0.25, -0.2) is 0 Å². The molecule has 3 N–H and O–H groups in total. The molecule has 1 aliphatic heterocycles. The Kier molecular flexibility index (Phi) is 3.35. The van der Waals surface area contributed by atoms with Gasteiger partial charge in [0.2, 0.25) is 5.78 Å². The second-order valence-electron chi connectivity index (χ2n) is 6.15. The zero-order chi connectivity index (χ0) is 17.7. The first kappa shape index (κ1) is 15.4. The summed E-state index contributed by atoms with van der Waals surface area (Å²) in [6.07, 6.45) is -0.390. The van der Waals surface area contributed by atoms with Crippen LogP contribution in [0.5, 0.6) is 23.0 Å². The number of hydrogen-bond donors (Lipinski definition) is 3. The van der Waals surface area contributed by atoms with Gasteiger partial charge in [-0.3, -0.25) is 4.79 Å². The van der Waals surface area contributed by atoms with E-state index in [0.29, 0.717) is 6.42 Å². The molecule has 2 heterocycles. The maximum absolute atomic E-state index is 12.6. The molecule has 3 aromatic rings. The van der Waals surface area contributed by atoms with Crippen LogP contribution in [0.25, 0.3) is 10.9 Å². The van der Waals surface area contributed by atoms with Gasteiger partial charge in [-0.2, -0.15) is 0 Å². The van der Waals surface area contributed by atoms with E-state index in [-0.39, 0.29) is 28.6 Å². The Morgan fingerprint density at radius 2 is 2.04 bits per heavy atom. The first-order chi connectivity index (χ1) is 12.0. The molecule has 0 amide bonds. The highest BCUT2D eigenvalue weighted by atomic mass is 16.5.